The van der Waals surface area contributed by atoms with Crippen LogP contribution in [-0.2, 0) is 89.1 Å². The van der Waals surface area contributed by atoms with E-state index in [9.17, 15) is 33.6 Å². The van der Waals surface area contributed by atoms with Crippen LogP contribution in [0.5, 0.6) is 0 Å². The number of aromatic nitrogens is 3. The summed E-state index contributed by atoms with van der Waals surface area (Å²) in [5.41, 5.74) is 10.5. The minimum atomic E-state index is -0.0625. The van der Waals surface area contributed by atoms with Gasteiger partial charge in [0.1, 0.15) is 34.7 Å². The zero-order valence-corrected chi connectivity index (χ0v) is 51.8. The standard InChI is InChI=1S/C18H12NO.C17H14N.C15H10N.3C5H8O2.3Ir/c20-18(14-7-2-1-3-8-14)16-10-6-9-15(13-16)17-11-4-5-12-19-17;1-12-9-13(2)11-15(10-12)17-8-7-14-5-3-4-6-16(14)18-17;1-2-7-13(8-3-1)15-14-9-5-4-6-12(14)10-11-16-15;3*1-4(6)3-5(2)7;;;/h1-8,10-13H;3-10H,1-2H3;1-7,9-11H;3*3H2,1-2H3;;;/q3*-1;;;;;;. The summed E-state index contributed by atoms with van der Waals surface area (Å²) in [6, 6.07) is 64.9. The third-order valence-corrected chi connectivity index (χ3v) is 10.2. The SMILES string of the molecule is CC(=O)CC(C)=O.CC(=O)CC(C)=O.CC(=O)CC(C)=O.Cc1[c-]c(-c2ccc3ccccc3n2)cc(C)c1.O=C(c1ccccc1)c1cc[c-]c(-c2ccccn2)c1.[Ir].[Ir].[Ir].[c-]1ccccc1-c1nccc2ccccc12. The molecule has 0 aliphatic heterocycles. The van der Waals surface area contributed by atoms with Crippen molar-refractivity contribution < 1.29 is 93.9 Å². The van der Waals surface area contributed by atoms with Crippen molar-refractivity contribution in [3.05, 3.63) is 223 Å². The van der Waals surface area contributed by atoms with Crippen LogP contribution in [0.3, 0.4) is 0 Å². The van der Waals surface area contributed by atoms with Crippen molar-refractivity contribution in [3.8, 4) is 33.8 Å². The minimum Gasteiger partial charge on any atom is -0.305 e. The maximum Gasteiger partial charge on any atom is 0.174 e. The van der Waals surface area contributed by atoms with Gasteiger partial charge < -0.3 is 9.97 Å². The summed E-state index contributed by atoms with van der Waals surface area (Å²) in [5, 5.41) is 3.56. The van der Waals surface area contributed by atoms with Crippen molar-refractivity contribution in [2.75, 3.05) is 0 Å². The van der Waals surface area contributed by atoms with Crippen molar-refractivity contribution in [1.29, 1.82) is 0 Å². The van der Waals surface area contributed by atoms with Crippen LogP contribution < -0.4 is 0 Å². The molecule has 6 aromatic carbocycles. The van der Waals surface area contributed by atoms with Gasteiger partial charge in [0.05, 0.1) is 24.8 Å². The first-order chi connectivity index (χ1) is 35.9. The van der Waals surface area contributed by atoms with E-state index in [0.717, 1.165) is 44.9 Å². The Morgan fingerprint density at radius 1 is 0.423 bits per heavy atom. The van der Waals surface area contributed by atoms with Crippen molar-refractivity contribution in [2.45, 2.75) is 74.7 Å². The van der Waals surface area contributed by atoms with Crippen molar-refractivity contribution in [2.24, 2.45) is 0 Å². The molecule has 407 valence electrons. The van der Waals surface area contributed by atoms with Crippen LogP contribution in [0.15, 0.2) is 182 Å². The first-order valence-electron chi connectivity index (χ1n) is 24.1. The van der Waals surface area contributed by atoms with Crippen LogP contribution in [0.25, 0.3) is 55.4 Å². The molecule has 3 aromatic heterocycles. The molecule has 0 spiro atoms. The van der Waals surface area contributed by atoms with Crippen LogP contribution in [0.2, 0.25) is 0 Å². The van der Waals surface area contributed by atoms with Gasteiger partial charge in [-0.05, 0) is 93.0 Å². The number of Topliss-reactive ketones (excluding diaryl/α,β-unsaturated/α-hetero) is 6. The Hall–Kier alpha value is -7.07. The van der Waals surface area contributed by atoms with Gasteiger partial charge in [-0.1, -0.05) is 116 Å². The number of carbonyl (C=O) groups is 7. The van der Waals surface area contributed by atoms with E-state index in [2.05, 4.69) is 84.5 Å². The molecule has 0 N–H and O–H groups in total. The van der Waals surface area contributed by atoms with E-state index in [1.54, 1.807) is 18.3 Å². The summed E-state index contributed by atoms with van der Waals surface area (Å²) < 4.78 is 0. The van der Waals surface area contributed by atoms with Crippen LogP contribution in [0.4, 0.5) is 0 Å². The Morgan fingerprint density at radius 2 is 0.974 bits per heavy atom. The smallest absolute Gasteiger partial charge is 0.174 e. The first-order valence-corrected chi connectivity index (χ1v) is 24.1. The average molecular weight is 1570 g/mol. The molecule has 0 atom stereocenters. The van der Waals surface area contributed by atoms with E-state index in [-0.39, 0.29) is 120 Å². The Bertz CT molecular complexity index is 3250. The minimum absolute atomic E-state index is 0. The summed E-state index contributed by atoms with van der Waals surface area (Å²) in [4.78, 5) is 86.0. The number of benzene rings is 6. The predicted molar refractivity (Wildman–Crippen MR) is 298 cm³/mol. The second kappa shape index (κ2) is 36.9. The predicted octanol–water partition coefficient (Wildman–Crippen LogP) is 13.5. The maximum atomic E-state index is 12.4. The number of aryl methyl sites for hydroxylation is 2. The number of fused-ring (bicyclic) bond motifs is 2. The molecule has 9 aromatic rings. The third-order valence-electron chi connectivity index (χ3n) is 10.2. The Morgan fingerprint density at radius 3 is 1.53 bits per heavy atom. The van der Waals surface area contributed by atoms with Gasteiger partial charge in [-0.15, -0.1) is 101 Å². The van der Waals surface area contributed by atoms with Crippen LogP contribution in [0, 0.1) is 32.0 Å². The quantitative estimate of drug-likeness (QED) is 0.0693. The zero-order chi connectivity index (χ0) is 54.7. The van der Waals surface area contributed by atoms with Crippen molar-refractivity contribution >= 4 is 62.2 Å². The van der Waals surface area contributed by atoms with Gasteiger partial charge in [0.2, 0.25) is 0 Å². The summed E-state index contributed by atoms with van der Waals surface area (Å²) in [6.07, 6.45) is 3.83. The number of pyridine rings is 3. The van der Waals surface area contributed by atoms with E-state index >= 15 is 0 Å². The summed E-state index contributed by atoms with van der Waals surface area (Å²) in [5.74, 6) is -0.364. The van der Waals surface area contributed by atoms with E-state index in [4.69, 9.17) is 4.98 Å². The van der Waals surface area contributed by atoms with Gasteiger partial charge in [0.15, 0.2) is 5.78 Å². The Kier molecular flexibility index (Phi) is 32.6. The van der Waals surface area contributed by atoms with Crippen molar-refractivity contribution in [3.63, 3.8) is 0 Å². The Labute approximate surface area is 498 Å². The Balaban J connectivity index is 0.000000490. The number of rotatable bonds is 11. The van der Waals surface area contributed by atoms with Gasteiger partial charge in [-0.2, -0.15) is 0 Å². The molecule has 0 unspecified atom stereocenters. The van der Waals surface area contributed by atoms with Gasteiger partial charge in [0.25, 0.3) is 0 Å². The van der Waals surface area contributed by atoms with Gasteiger partial charge in [0, 0.05) is 78.3 Å². The summed E-state index contributed by atoms with van der Waals surface area (Å²) in [7, 11) is 0. The van der Waals surface area contributed by atoms with E-state index in [0.29, 0.717) is 11.1 Å². The normalized spacial score (nSPS) is 9.49. The largest absolute Gasteiger partial charge is 0.305 e. The average Bonchev–Trinajstić information content (AvgIpc) is 3.38. The molecule has 10 nitrogen and oxygen atoms in total. The fraction of sp³-hybridized carbons (Fsp3) is 0.169. The molecule has 0 bridgehead atoms. The van der Waals surface area contributed by atoms with Crippen LogP contribution >= 0.6 is 0 Å². The number of para-hydroxylation sites is 1. The zero-order valence-electron chi connectivity index (χ0n) is 44.6. The number of ketones is 7. The first kappa shape index (κ1) is 68.9. The van der Waals surface area contributed by atoms with E-state index in [1.165, 1.54) is 63.3 Å². The molecule has 13 heteroatoms. The number of carbonyl (C=O) groups excluding carboxylic acids is 7. The third kappa shape index (κ3) is 25.4. The second-order valence-electron chi connectivity index (χ2n) is 17.4. The molecule has 9 rings (SSSR count). The molecule has 3 heterocycles. The summed E-state index contributed by atoms with van der Waals surface area (Å²) in [6.45, 7) is 12.6. The molecule has 0 aliphatic carbocycles. The molecular weight excluding hydrogens is 1510 g/mol. The maximum absolute atomic E-state index is 12.4. The molecule has 0 aliphatic rings. The molecule has 0 fully saturated rings. The van der Waals surface area contributed by atoms with Gasteiger partial charge in [-0.3, -0.25) is 38.5 Å². The molecular formula is C65H60Ir3N3O7-3. The van der Waals surface area contributed by atoms with Crippen LogP contribution in [-0.4, -0.2) is 55.4 Å². The van der Waals surface area contributed by atoms with Crippen LogP contribution in [0.1, 0.15) is 87.9 Å². The second-order valence-corrected chi connectivity index (χ2v) is 17.4. The molecule has 0 amide bonds. The van der Waals surface area contributed by atoms with Gasteiger partial charge in [-0.25, -0.2) is 0 Å². The molecule has 78 heavy (non-hydrogen) atoms. The van der Waals surface area contributed by atoms with E-state index in [1.807, 2.05) is 121 Å². The van der Waals surface area contributed by atoms with Crippen molar-refractivity contribution in [1.82, 2.24) is 15.0 Å². The fourth-order valence-corrected chi connectivity index (χ4v) is 7.21. The molecule has 0 saturated heterocycles. The molecule has 3 radical (unpaired) electrons. The monoisotopic (exact) mass is 1570 g/mol. The van der Waals surface area contributed by atoms with E-state index < -0.39 is 0 Å². The number of nitrogens with zero attached hydrogens (tertiary/aromatic N) is 3. The van der Waals surface area contributed by atoms with Gasteiger partial charge >= 0.3 is 0 Å². The number of hydrogen-bond acceptors (Lipinski definition) is 10. The summed E-state index contributed by atoms with van der Waals surface area (Å²) >= 11 is 0. The molecule has 0 saturated carbocycles. The fourth-order valence-electron chi connectivity index (χ4n) is 7.21. The topological polar surface area (TPSA) is 158 Å². The number of hydrogen-bond donors (Lipinski definition) is 0.